The molecule has 2 aromatic rings. The summed E-state index contributed by atoms with van der Waals surface area (Å²) in [5.74, 6) is -2.23. The van der Waals surface area contributed by atoms with Crippen LogP contribution in [0.4, 0.5) is 5.69 Å². The van der Waals surface area contributed by atoms with Crippen molar-refractivity contribution in [2.45, 2.75) is 0 Å². The highest BCUT2D eigenvalue weighted by Crippen LogP contribution is 2.28. The maximum atomic E-state index is 12.9. The second-order valence-corrected chi connectivity index (χ2v) is 7.04. The van der Waals surface area contributed by atoms with Gasteiger partial charge in [0.05, 0.1) is 10.7 Å². The number of rotatable bonds is 5. The Morgan fingerprint density at radius 2 is 1.86 bits per heavy atom. The quantitative estimate of drug-likeness (QED) is 0.412. The molecule has 1 aliphatic heterocycles. The Morgan fingerprint density at radius 1 is 1.17 bits per heavy atom. The lowest BCUT2D eigenvalue weighted by molar-refractivity contribution is -0.139. The molecule has 2 amide bonds. The van der Waals surface area contributed by atoms with E-state index in [-0.39, 0.29) is 21.5 Å². The molecule has 10 heteroatoms. The van der Waals surface area contributed by atoms with E-state index in [9.17, 15) is 14.4 Å². The van der Waals surface area contributed by atoms with Gasteiger partial charge in [-0.2, -0.15) is 0 Å². The normalized spacial score (nSPS) is 15.4. The first kappa shape index (κ1) is 20.8. The third kappa shape index (κ3) is 4.73. The van der Waals surface area contributed by atoms with Gasteiger partial charge in [0, 0.05) is 5.02 Å². The predicted molar refractivity (Wildman–Crippen MR) is 112 cm³/mol. The lowest BCUT2D eigenvalue weighted by Crippen LogP contribution is -2.54. The van der Waals surface area contributed by atoms with Gasteiger partial charge in [0.1, 0.15) is 11.3 Å². The summed E-state index contributed by atoms with van der Waals surface area (Å²) in [7, 11) is 0. The molecule has 0 aliphatic carbocycles. The van der Waals surface area contributed by atoms with Gasteiger partial charge in [0.2, 0.25) is 0 Å². The van der Waals surface area contributed by atoms with Crippen molar-refractivity contribution in [1.82, 2.24) is 5.32 Å². The highest BCUT2D eigenvalue weighted by atomic mass is 35.5. The molecule has 0 saturated carbocycles. The summed E-state index contributed by atoms with van der Waals surface area (Å²) < 4.78 is 5.05. The number of amides is 2. The zero-order chi connectivity index (χ0) is 21.1. The van der Waals surface area contributed by atoms with E-state index in [1.54, 1.807) is 24.3 Å². The first-order valence-corrected chi connectivity index (χ1v) is 9.24. The van der Waals surface area contributed by atoms with Crippen molar-refractivity contribution in [3.8, 4) is 5.75 Å². The van der Waals surface area contributed by atoms with Crippen molar-refractivity contribution in [3.05, 3.63) is 63.6 Å². The average molecular weight is 451 g/mol. The van der Waals surface area contributed by atoms with E-state index in [0.717, 1.165) is 0 Å². The van der Waals surface area contributed by atoms with Crippen LogP contribution in [0.5, 0.6) is 5.75 Å². The molecule has 3 rings (SSSR count). The summed E-state index contributed by atoms with van der Waals surface area (Å²) in [6.07, 6.45) is 1.36. The zero-order valence-electron chi connectivity index (χ0n) is 14.5. The molecule has 1 aliphatic rings. The van der Waals surface area contributed by atoms with Crippen molar-refractivity contribution in [1.29, 1.82) is 0 Å². The molecule has 29 heavy (non-hydrogen) atoms. The van der Waals surface area contributed by atoms with Crippen LogP contribution in [-0.4, -0.2) is 34.6 Å². The molecule has 0 radical (unpaired) electrons. The Kier molecular flexibility index (Phi) is 6.17. The van der Waals surface area contributed by atoms with E-state index in [2.05, 4.69) is 5.32 Å². The molecule has 0 spiro atoms. The molecule has 0 aromatic heterocycles. The smallest absolute Gasteiger partial charge is 0.341 e. The van der Waals surface area contributed by atoms with Crippen LogP contribution in [-0.2, 0) is 14.4 Å². The number of halogens is 2. The van der Waals surface area contributed by atoms with Crippen molar-refractivity contribution >= 4 is 70.1 Å². The first-order valence-electron chi connectivity index (χ1n) is 8.07. The minimum atomic E-state index is -1.14. The van der Waals surface area contributed by atoms with Gasteiger partial charge in [-0.25, -0.2) is 4.79 Å². The van der Waals surface area contributed by atoms with Crippen molar-refractivity contribution in [3.63, 3.8) is 0 Å². The fourth-order valence-electron chi connectivity index (χ4n) is 2.51. The van der Waals surface area contributed by atoms with Gasteiger partial charge in [-0.3, -0.25) is 19.8 Å². The van der Waals surface area contributed by atoms with Crippen molar-refractivity contribution < 1.29 is 24.2 Å². The molecule has 7 nitrogen and oxygen atoms in total. The van der Waals surface area contributed by atoms with Gasteiger partial charge >= 0.3 is 5.97 Å². The van der Waals surface area contributed by atoms with E-state index in [0.29, 0.717) is 16.3 Å². The highest BCUT2D eigenvalue weighted by molar-refractivity contribution is 7.80. The Hall–Kier alpha value is -2.94. The summed E-state index contributed by atoms with van der Waals surface area (Å²) >= 11 is 17.1. The average Bonchev–Trinajstić information content (AvgIpc) is 2.65. The van der Waals surface area contributed by atoms with E-state index in [1.165, 1.54) is 29.2 Å². The Morgan fingerprint density at radius 3 is 2.48 bits per heavy atom. The van der Waals surface area contributed by atoms with Gasteiger partial charge < -0.3 is 9.84 Å². The number of anilines is 1. The van der Waals surface area contributed by atoms with Gasteiger partial charge in [-0.1, -0.05) is 29.3 Å². The lowest BCUT2D eigenvalue weighted by Gasteiger charge is -2.29. The van der Waals surface area contributed by atoms with Crippen LogP contribution in [0.25, 0.3) is 6.08 Å². The van der Waals surface area contributed by atoms with Gasteiger partial charge in [0.25, 0.3) is 11.8 Å². The Balaban J connectivity index is 1.91. The SMILES string of the molecule is O=C(O)COc1ccc(C=C2C(=O)NC(=S)N(c3ccc(Cl)cc3)C2=O)cc1Cl. The van der Waals surface area contributed by atoms with Crippen LogP contribution in [0.3, 0.4) is 0 Å². The molecule has 1 fully saturated rings. The minimum absolute atomic E-state index is 0.0464. The minimum Gasteiger partial charge on any atom is -0.480 e. The molecule has 0 atom stereocenters. The molecule has 0 bridgehead atoms. The van der Waals surface area contributed by atoms with Crippen molar-refractivity contribution in [2.24, 2.45) is 0 Å². The second kappa shape index (κ2) is 8.60. The molecule has 148 valence electrons. The standard InChI is InChI=1S/C19H12Cl2N2O5S/c20-11-2-4-12(5-3-11)23-18(27)13(17(26)22-19(23)29)7-10-1-6-15(14(21)8-10)28-9-16(24)25/h1-8H,9H2,(H,24,25)(H,22,26,29). The van der Waals surface area contributed by atoms with Crippen LogP contribution in [0.15, 0.2) is 48.0 Å². The predicted octanol–water partition coefficient (Wildman–Crippen LogP) is 3.29. The molecule has 2 aromatic carbocycles. The number of ether oxygens (including phenoxy) is 1. The number of carbonyl (C=O) groups excluding carboxylic acids is 2. The number of carboxylic acids is 1. The summed E-state index contributed by atoms with van der Waals surface area (Å²) in [6.45, 7) is -0.547. The first-order chi connectivity index (χ1) is 13.8. The highest BCUT2D eigenvalue weighted by Gasteiger charge is 2.34. The van der Waals surface area contributed by atoms with Gasteiger partial charge in [0.15, 0.2) is 11.7 Å². The Labute approximate surface area is 180 Å². The monoisotopic (exact) mass is 450 g/mol. The molecule has 1 saturated heterocycles. The third-order valence-electron chi connectivity index (χ3n) is 3.80. The maximum absolute atomic E-state index is 12.9. The number of hydrogen-bond donors (Lipinski definition) is 2. The number of aliphatic carboxylic acids is 1. The number of carbonyl (C=O) groups is 3. The fraction of sp³-hybridized carbons (Fsp3) is 0.0526. The lowest BCUT2D eigenvalue weighted by atomic mass is 10.1. The zero-order valence-corrected chi connectivity index (χ0v) is 16.8. The molecule has 2 N–H and O–H groups in total. The summed E-state index contributed by atoms with van der Waals surface area (Å²) in [5, 5.41) is 11.7. The second-order valence-electron chi connectivity index (χ2n) is 5.81. The van der Waals surface area contributed by atoms with Gasteiger partial charge in [-0.15, -0.1) is 0 Å². The number of thiocarbonyl (C=S) groups is 1. The molecule has 0 unspecified atom stereocenters. The summed E-state index contributed by atoms with van der Waals surface area (Å²) in [4.78, 5) is 37.0. The van der Waals surface area contributed by atoms with Gasteiger partial charge in [-0.05, 0) is 60.3 Å². The maximum Gasteiger partial charge on any atom is 0.341 e. The number of hydrogen-bond acceptors (Lipinski definition) is 5. The fourth-order valence-corrected chi connectivity index (χ4v) is 3.16. The van der Waals surface area contributed by atoms with E-state index in [1.807, 2.05) is 0 Å². The van der Waals surface area contributed by atoms with Crippen LogP contribution in [0.2, 0.25) is 10.0 Å². The topological polar surface area (TPSA) is 95.9 Å². The number of nitrogens with zero attached hydrogens (tertiary/aromatic N) is 1. The summed E-state index contributed by atoms with van der Waals surface area (Å²) in [6, 6.07) is 10.8. The summed E-state index contributed by atoms with van der Waals surface area (Å²) in [5.41, 5.74) is 0.745. The van der Waals surface area contributed by atoms with E-state index >= 15 is 0 Å². The molecular weight excluding hydrogens is 439 g/mol. The van der Waals surface area contributed by atoms with Crippen LogP contribution in [0.1, 0.15) is 5.56 Å². The largest absolute Gasteiger partial charge is 0.480 e. The van der Waals surface area contributed by atoms with Crippen LogP contribution < -0.4 is 15.0 Å². The van der Waals surface area contributed by atoms with E-state index in [4.69, 9.17) is 45.3 Å². The number of nitrogens with one attached hydrogen (secondary N) is 1. The van der Waals surface area contributed by atoms with Crippen LogP contribution >= 0.6 is 35.4 Å². The van der Waals surface area contributed by atoms with Crippen molar-refractivity contribution in [2.75, 3.05) is 11.5 Å². The Bertz CT molecular complexity index is 1050. The molecule has 1 heterocycles. The number of benzene rings is 2. The molecular formula is C19H12Cl2N2O5S. The number of carboxylic acid groups (broad SMARTS) is 1. The van der Waals surface area contributed by atoms with Crippen LogP contribution in [0, 0.1) is 0 Å². The van der Waals surface area contributed by atoms with E-state index < -0.39 is 24.4 Å². The third-order valence-corrected chi connectivity index (χ3v) is 4.64.